The number of carbonyl (C=O) groups excluding carboxylic acids is 1. The van der Waals surface area contributed by atoms with Crippen molar-refractivity contribution in [3.8, 4) is 0 Å². The first-order valence-corrected chi connectivity index (χ1v) is 11.2. The lowest BCUT2D eigenvalue weighted by Gasteiger charge is -2.33. The van der Waals surface area contributed by atoms with E-state index in [4.69, 9.17) is 0 Å². The molecule has 1 aliphatic carbocycles. The summed E-state index contributed by atoms with van der Waals surface area (Å²) >= 11 is 0. The van der Waals surface area contributed by atoms with Crippen LogP contribution in [-0.4, -0.2) is 37.8 Å². The molecule has 0 radical (unpaired) electrons. The second-order valence-electron chi connectivity index (χ2n) is 7.21. The molecule has 0 bridgehead atoms. The number of nitrogens with one attached hydrogen (secondary N) is 1. The number of carbonyl (C=O) groups is 1. The van der Waals surface area contributed by atoms with Crippen molar-refractivity contribution < 1.29 is 13.2 Å². The summed E-state index contributed by atoms with van der Waals surface area (Å²) in [6.07, 6.45) is 7.91. The third-order valence-electron chi connectivity index (χ3n) is 5.01. The lowest BCUT2D eigenvalue weighted by Crippen LogP contribution is -2.47. The van der Waals surface area contributed by atoms with Crippen LogP contribution >= 0.6 is 0 Å². The van der Waals surface area contributed by atoms with E-state index >= 15 is 0 Å². The van der Waals surface area contributed by atoms with E-state index in [1.807, 2.05) is 6.92 Å². The molecule has 1 aromatic rings. The standard InChI is InChI=1S/C20H32N2O3S/c1-3-4-8-15-21-20(23)16-22(18-9-6-5-7-10-18)26(24,25)19-13-11-17(2)12-14-19/h11-14,18H,3-10,15-16H2,1-2H3,(H,21,23). The molecule has 146 valence electrons. The minimum atomic E-state index is -3.68. The van der Waals surface area contributed by atoms with Crippen LogP contribution in [0.25, 0.3) is 0 Å². The van der Waals surface area contributed by atoms with Crippen LogP contribution < -0.4 is 5.32 Å². The van der Waals surface area contributed by atoms with Crippen LogP contribution in [0.5, 0.6) is 0 Å². The highest BCUT2D eigenvalue weighted by molar-refractivity contribution is 7.89. The van der Waals surface area contributed by atoms with Gasteiger partial charge >= 0.3 is 0 Å². The Bertz CT molecular complexity index is 665. The third kappa shape index (κ3) is 5.81. The number of aryl methyl sites for hydroxylation is 1. The van der Waals surface area contributed by atoms with Gasteiger partial charge in [0.15, 0.2) is 0 Å². The van der Waals surface area contributed by atoms with E-state index in [2.05, 4.69) is 12.2 Å². The van der Waals surface area contributed by atoms with Gasteiger partial charge in [-0.15, -0.1) is 0 Å². The first kappa shape index (κ1) is 20.9. The summed E-state index contributed by atoms with van der Waals surface area (Å²) in [6, 6.07) is 6.80. The van der Waals surface area contributed by atoms with Gasteiger partial charge in [0.1, 0.15) is 0 Å². The molecule has 5 nitrogen and oxygen atoms in total. The lowest BCUT2D eigenvalue weighted by atomic mass is 9.95. The van der Waals surface area contributed by atoms with Crippen molar-refractivity contribution in [1.82, 2.24) is 9.62 Å². The van der Waals surface area contributed by atoms with Gasteiger partial charge < -0.3 is 5.32 Å². The first-order valence-electron chi connectivity index (χ1n) is 9.80. The summed E-state index contributed by atoms with van der Waals surface area (Å²) in [5.41, 5.74) is 1.02. The smallest absolute Gasteiger partial charge is 0.243 e. The minimum Gasteiger partial charge on any atom is -0.355 e. The number of amides is 1. The van der Waals surface area contributed by atoms with Gasteiger partial charge in [-0.2, -0.15) is 4.31 Å². The topological polar surface area (TPSA) is 66.5 Å². The zero-order chi connectivity index (χ0) is 19.0. The third-order valence-corrected chi connectivity index (χ3v) is 6.92. The Morgan fingerprint density at radius 2 is 1.77 bits per heavy atom. The molecule has 26 heavy (non-hydrogen) atoms. The van der Waals surface area contributed by atoms with Crippen LogP contribution in [-0.2, 0) is 14.8 Å². The maximum atomic E-state index is 13.2. The molecule has 0 atom stereocenters. The van der Waals surface area contributed by atoms with Crippen molar-refractivity contribution in [2.24, 2.45) is 0 Å². The van der Waals surface area contributed by atoms with E-state index in [9.17, 15) is 13.2 Å². The van der Waals surface area contributed by atoms with Crippen LogP contribution in [0.4, 0.5) is 0 Å². The molecule has 0 aromatic heterocycles. The zero-order valence-electron chi connectivity index (χ0n) is 16.0. The van der Waals surface area contributed by atoms with Gasteiger partial charge in [0.25, 0.3) is 0 Å². The SMILES string of the molecule is CCCCCNC(=O)CN(C1CCCCC1)S(=O)(=O)c1ccc(C)cc1. The molecule has 0 unspecified atom stereocenters. The van der Waals surface area contributed by atoms with Crippen molar-refractivity contribution in [2.45, 2.75) is 76.2 Å². The summed E-state index contributed by atoms with van der Waals surface area (Å²) < 4.78 is 27.8. The Balaban J connectivity index is 2.14. The van der Waals surface area contributed by atoms with E-state index in [1.165, 1.54) is 4.31 Å². The van der Waals surface area contributed by atoms with Crippen LogP contribution in [0.2, 0.25) is 0 Å². The second kappa shape index (κ2) is 10.1. The Morgan fingerprint density at radius 1 is 1.12 bits per heavy atom. The Hall–Kier alpha value is -1.40. The summed E-state index contributed by atoms with van der Waals surface area (Å²) in [5, 5.41) is 2.87. The lowest BCUT2D eigenvalue weighted by molar-refractivity contribution is -0.121. The van der Waals surface area contributed by atoms with E-state index in [1.54, 1.807) is 24.3 Å². The Labute approximate surface area is 158 Å². The molecular formula is C20H32N2O3S. The predicted molar refractivity (Wildman–Crippen MR) is 104 cm³/mol. The van der Waals surface area contributed by atoms with Gasteiger partial charge in [-0.05, 0) is 38.3 Å². The molecule has 1 saturated carbocycles. The van der Waals surface area contributed by atoms with E-state index in [-0.39, 0.29) is 23.4 Å². The monoisotopic (exact) mass is 380 g/mol. The fraction of sp³-hybridized carbons (Fsp3) is 0.650. The second-order valence-corrected chi connectivity index (χ2v) is 9.10. The molecule has 1 fully saturated rings. The largest absolute Gasteiger partial charge is 0.355 e. The minimum absolute atomic E-state index is 0.0866. The van der Waals surface area contributed by atoms with Crippen molar-refractivity contribution in [2.75, 3.05) is 13.1 Å². The normalized spacial score (nSPS) is 16.0. The number of sulfonamides is 1. The highest BCUT2D eigenvalue weighted by atomic mass is 32.2. The van der Waals surface area contributed by atoms with Crippen molar-refractivity contribution in [3.05, 3.63) is 29.8 Å². The van der Waals surface area contributed by atoms with Crippen molar-refractivity contribution >= 4 is 15.9 Å². The maximum absolute atomic E-state index is 13.2. The fourth-order valence-corrected chi connectivity index (χ4v) is 5.07. The van der Waals surface area contributed by atoms with Crippen LogP contribution in [0.1, 0.15) is 63.9 Å². The summed E-state index contributed by atoms with van der Waals surface area (Å²) in [6.45, 7) is 4.56. The molecule has 0 heterocycles. The number of hydrogen-bond acceptors (Lipinski definition) is 3. The van der Waals surface area contributed by atoms with Crippen molar-refractivity contribution in [1.29, 1.82) is 0 Å². The molecule has 1 aromatic carbocycles. The van der Waals surface area contributed by atoms with E-state index in [0.717, 1.165) is 56.9 Å². The Morgan fingerprint density at radius 3 is 2.38 bits per heavy atom. The van der Waals surface area contributed by atoms with Crippen molar-refractivity contribution in [3.63, 3.8) is 0 Å². The molecule has 1 N–H and O–H groups in total. The average Bonchev–Trinajstić information content (AvgIpc) is 2.64. The fourth-order valence-electron chi connectivity index (χ4n) is 3.43. The number of unbranched alkanes of at least 4 members (excludes halogenated alkanes) is 2. The number of hydrogen-bond donors (Lipinski definition) is 1. The molecule has 1 amide bonds. The highest BCUT2D eigenvalue weighted by Gasteiger charge is 2.33. The molecule has 0 aliphatic heterocycles. The Kier molecular flexibility index (Phi) is 8.10. The van der Waals surface area contributed by atoms with Gasteiger partial charge in [-0.1, -0.05) is 56.7 Å². The van der Waals surface area contributed by atoms with Gasteiger partial charge in [-0.25, -0.2) is 8.42 Å². The summed E-state index contributed by atoms with van der Waals surface area (Å²) in [7, 11) is -3.68. The number of benzene rings is 1. The van der Waals surface area contributed by atoms with E-state index in [0.29, 0.717) is 6.54 Å². The quantitative estimate of drug-likeness (QED) is 0.665. The average molecular weight is 381 g/mol. The number of rotatable bonds is 9. The molecule has 2 rings (SSSR count). The first-order chi connectivity index (χ1) is 12.4. The molecule has 6 heteroatoms. The maximum Gasteiger partial charge on any atom is 0.243 e. The van der Waals surface area contributed by atoms with Gasteiger partial charge in [0.2, 0.25) is 15.9 Å². The predicted octanol–water partition coefficient (Wildman–Crippen LogP) is 3.62. The summed E-state index contributed by atoms with van der Waals surface area (Å²) in [4.78, 5) is 12.6. The van der Waals surface area contributed by atoms with Gasteiger partial charge in [-0.3, -0.25) is 4.79 Å². The molecular weight excluding hydrogens is 348 g/mol. The molecule has 0 saturated heterocycles. The van der Waals surface area contributed by atoms with Gasteiger partial charge in [0.05, 0.1) is 11.4 Å². The van der Waals surface area contributed by atoms with Crippen LogP contribution in [0.15, 0.2) is 29.2 Å². The van der Waals surface area contributed by atoms with Crippen LogP contribution in [0.3, 0.4) is 0 Å². The highest BCUT2D eigenvalue weighted by Crippen LogP contribution is 2.27. The molecule has 0 spiro atoms. The van der Waals surface area contributed by atoms with Crippen LogP contribution in [0, 0.1) is 6.92 Å². The zero-order valence-corrected chi connectivity index (χ0v) is 16.9. The molecule has 1 aliphatic rings. The summed E-state index contributed by atoms with van der Waals surface area (Å²) in [5.74, 6) is -0.206. The number of nitrogens with zero attached hydrogens (tertiary/aromatic N) is 1. The van der Waals surface area contributed by atoms with E-state index < -0.39 is 10.0 Å². The van der Waals surface area contributed by atoms with Gasteiger partial charge in [0, 0.05) is 12.6 Å².